The normalized spacial score (nSPS) is 15.7. The number of hydrogen-bond donors (Lipinski definition) is 0. The molecule has 3 nitrogen and oxygen atoms in total. The molecule has 389 valence electrons. The molecule has 4 aromatic heterocycles. The molecule has 2 atom stereocenters. The van der Waals surface area contributed by atoms with Gasteiger partial charge < -0.3 is 0 Å². The molecule has 5 heterocycles. The molecule has 76 heavy (non-hydrogen) atoms. The summed E-state index contributed by atoms with van der Waals surface area (Å²) in [5.41, 5.74) is 5.70. The van der Waals surface area contributed by atoms with Crippen LogP contribution < -0.4 is 15.9 Å². The molecule has 9 rings (SSSR count). The Labute approximate surface area is 478 Å². The Morgan fingerprint density at radius 2 is 1.14 bits per heavy atom. The van der Waals surface area contributed by atoms with Crippen LogP contribution in [0.25, 0.3) is 25.6 Å². The number of benzene rings is 3. The number of ketones is 2. The summed E-state index contributed by atoms with van der Waals surface area (Å²) in [5.74, 6) is 8.42. The van der Waals surface area contributed by atoms with Gasteiger partial charge in [0, 0.05) is 20.2 Å². The number of carbonyl (C=O) groups is 2. The van der Waals surface area contributed by atoms with Gasteiger partial charge in [-0.2, -0.15) is 0 Å². The second-order valence-corrected chi connectivity index (χ2v) is 28.1. The molecule has 0 N–H and O–H groups in total. The average Bonchev–Trinajstić information content (AvgIpc) is 4.41. The van der Waals surface area contributed by atoms with E-state index in [0.29, 0.717) is 47.3 Å². The first kappa shape index (κ1) is 55.9. The molecule has 0 amide bonds. The van der Waals surface area contributed by atoms with Crippen molar-refractivity contribution in [2.45, 2.75) is 106 Å². The van der Waals surface area contributed by atoms with Gasteiger partial charge in [0.1, 0.15) is 0 Å². The maximum absolute atomic E-state index is 15.8. The van der Waals surface area contributed by atoms with Crippen LogP contribution >= 0.6 is 52.6 Å². The Kier molecular flexibility index (Phi) is 19.2. The van der Waals surface area contributed by atoms with E-state index in [0.717, 1.165) is 119 Å². The number of fused-ring (bicyclic) bond motifs is 2. The van der Waals surface area contributed by atoms with Crippen molar-refractivity contribution < 1.29 is 32.3 Å². The SMILES string of the molecule is CC=C1COCC1=CC(C#Cc1ccc(-c2sc(-c3ccc(/C=C/C)s3)c3c2C(=O)c2c(CC(CC)CCCC)sc(CC(CC)CCCC)c2C3=O)s1)=C([C]#[Os])[P+](c1ccccc1)(c1ccccc1)c1ccccc1. The van der Waals surface area contributed by atoms with Crippen LogP contribution in [0.15, 0.2) is 156 Å². The fourth-order valence-electron chi connectivity index (χ4n) is 10.8. The molecule has 9 heteroatoms. The van der Waals surface area contributed by atoms with Gasteiger partial charge in [-0.15, -0.1) is 22.7 Å². The van der Waals surface area contributed by atoms with Crippen molar-refractivity contribution >= 4 is 86.2 Å². The van der Waals surface area contributed by atoms with Crippen LogP contribution in [-0.4, -0.2) is 24.8 Å². The summed E-state index contributed by atoms with van der Waals surface area (Å²) in [6.07, 6.45) is 19.2. The maximum atomic E-state index is 15.8. The van der Waals surface area contributed by atoms with Crippen LogP contribution in [-0.2, 0) is 35.5 Å². The number of thiophene rings is 4. The monoisotopic (exact) mass is 1270 g/mol. The van der Waals surface area contributed by atoms with Crippen molar-refractivity contribution in [2.24, 2.45) is 11.8 Å². The molecular formula is C67H67O3OsPS4+. The van der Waals surface area contributed by atoms with Gasteiger partial charge in [-0.1, -0.05) is 85.1 Å². The molecule has 2 unspecified atom stereocenters. The number of allylic oxidation sites excluding steroid dienone is 5. The van der Waals surface area contributed by atoms with E-state index in [9.17, 15) is 0 Å². The molecule has 7 aromatic rings. The summed E-state index contributed by atoms with van der Waals surface area (Å²) in [5, 5.41) is 4.75. The van der Waals surface area contributed by atoms with Crippen molar-refractivity contribution in [3.05, 3.63) is 197 Å². The van der Waals surface area contributed by atoms with Crippen LogP contribution in [0.3, 0.4) is 0 Å². The summed E-state index contributed by atoms with van der Waals surface area (Å²) in [7, 11) is -2.58. The molecule has 0 bridgehead atoms. The van der Waals surface area contributed by atoms with E-state index in [1.54, 1.807) is 63.3 Å². The van der Waals surface area contributed by atoms with Crippen molar-refractivity contribution in [3.8, 4) is 35.7 Å². The van der Waals surface area contributed by atoms with Crippen LogP contribution in [0.1, 0.15) is 144 Å². The topological polar surface area (TPSA) is 43.4 Å². The summed E-state index contributed by atoms with van der Waals surface area (Å²) < 4.78 is 9.91. The minimum atomic E-state index is -2.58. The number of carbonyl (C=O) groups excluding carboxylic acids is 2. The van der Waals surface area contributed by atoms with E-state index < -0.39 is 7.26 Å². The Balaban J connectivity index is 1.23. The van der Waals surface area contributed by atoms with Crippen LogP contribution in [0.2, 0.25) is 0 Å². The number of hydrogen-bond acceptors (Lipinski definition) is 7. The molecule has 1 saturated heterocycles. The van der Waals surface area contributed by atoms with Gasteiger partial charge in [-0.3, -0.25) is 4.79 Å². The van der Waals surface area contributed by atoms with Gasteiger partial charge in [0.25, 0.3) is 0 Å². The molecule has 0 saturated carbocycles. The number of rotatable bonds is 20. The van der Waals surface area contributed by atoms with E-state index in [1.807, 2.05) is 6.92 Å². The minimum absolute atomic E-state index is 0.00997. The third kappa shape index (κ3) is 11.5. The van der Waals surface area contributed by atoms with Crippen molar-refractivity contribution in [1.29, 1.82) is 0 Å². The first-order chi connectivity index (χ1) is 37.2. The van der Waals surface area contributed by atoms with Crippen LogP contribution in [0, 0.1) is 28.0 Å². The zero-order valence-corrected chi connectivity index (χ0v) is 51.3. The standard InChI is InChI=1S/C67H67O3PS4.Os/c1-8-14-26-46(11-4)40-58-60-61(59(74-58)41-47(12-5)27-15-9-2)65(69)63-62(64(60)68)66(56-38-36-54(72-56)25-10-3)75-67(63)57-39-37-55(73-57)35-34-49(42-50-44-70-43-48(50)13-6)45(7)71(51-28-19-16-20-29-51,52-30-21-17-22-31-52)53-32-23-18-24-33-53;/h10,13,16-25,28-33,36-39,42,46-47H,8-9,11-12,14-15,26-27,40-41,43-44H2,1-6H3;/q+1;/b25-10+,48-13?,49-45?,50-42?;. The van der Waals surface area contributed by atoms with Crippen molar-refractivity contribution in [2.75, 3.05) is 13.2 Å². The number of ether oxygens (including phenoxy) is 1. The molecule has 3 aromatic carbocycles. The van der Waals surface area contributed by atoms with Gasteiger partial charge in [0.15, 0.2) is 0 Å². The van der Waals surface area contributed by atoms with E-state index in [2.05, 4.69) is 190 Å². The van der Waals surface area contributed by atoms with E-state index in [1.165, 1.54) is 22.3 Å². The molecule has 2 aliphatic rings. The van der Waals surface area contributed by atoms with E-state index in [4.69, 9.17) is 4.74 Å². The van der Waals surface area contributed by atoms with Gasteiger partial charge in [-0.25, -0.2) is 0 Å². The quantitative estimate of drug-likeness (QED) is 0.0564. The molecule has 0 radical (unpaired) electrons. The Hall–Kier alpha value is -4.87. The van der Waals surface area contributed by atoms with Crippen molar-refractivity contribution in [1.82, 2.24) is 0 Å². The Morgan fingerprint density at radius 1 is 0.632 bits per heavy atom. The Morgan fingerprint density at radius 3 is 1.63 bits per heavy atom. The molecular weight excluding hydrogens is 1200 g/mol. The average molecular weight is 1270 g/mol. The predicted octanol–water partition coefficient (Wildman–Crippen LogP) is 17.6. The van der Waals surface area contributed by atoms with Crippen LogP contribution in [0.4, 0.5) is 0 Å². The zero-order valence-electron chi connectivity index (χ0n) is 44.6. The second-order valence-electron chi connectivity index (χ2n) is 19.7. The predicted molar refractivity (Wildman–Crippen MR) is 326 cm³/mol. The first-order valence-electron chi connectivity index (χ1n) is 27.1. The van der Waals surface area contributed by atoms with E-state index >= 15 is 9.59 Å². The third-order valence-corrected chi connectivity index (χ3v) is 25.2. The van der Waals surface area contributed by atoms with Crippen LogP contribution in [0.5, 0.6) is 0 Å². The third-order valence-electron chi connectivity index (χ3n) is 14.9. The summed E-state index contributed by atoms with van der Waals surface area (Å²) in [4.78, 5) is 39.5. The number of unbranched alkanes of at least 4 members (excludes halogenated alkanes) is 2. The van der Waals surface area contributed by atoms with Crippen molar-refractivity contribution in [3.63, 3.8) is 0 Å². The molecule has 1 aliphatic heterocycles. The van der Waals surface area contributed by atoms with Gasteiger partial charge in [0.05, 0.1) is 0 Å². The fourth-order valence-corrected chi connectivity index (χ4v) is 21.5. The van der Waals surface area contributed by atoms with E-state index in [-0.39, 0.29) is 11.6 Å². The zero-order chi connectivity index (χ0) is 53.2. The Bertz CT molecular complexity index is 3340. The van der Waals surface area contributed by atoms with Gasteiger partial charge >= 0.3 is 300 Å². The molecule has 1 fully saturated rings. The second kappa shape index (κ2) is 26.2. The fraction of sp³-hybridized carbons (Fsp3) is 0.299. The summed E-state index contributed by atoms with van der Waals surface area (Å²) in [6, 6.07) is 41.2. The molecule has 0 spiro atoms. The summed E-state index contributed by atoms with van der Waals surface area (Å²) >= 11 is 8.41. The summed E-state index contributed by atoms with van der Waals surface area (Å²) in [6.45, 7) is 14.2. The van der Waals surface area contributed by atoms with Gasteiger partial charge in [-0.05, 0) is 49.8 Å². The molecule has 1 aliphatic carbocycles. The van der Waals surface area contributed by atoms with Gasteiger partial charge in [0.2, 0.25) is 0 Å². The first-order valence-corrected chi connectivity index (χ1v) is 33.4.